The van der Waals surface area contributed by atoms with Gasteiger partial charge in [-0.1, -0.05) is 12.1 Å². The third kappa shape index (κ3) is 4.13. The van der Waals surface area contributed by atoms with Crippen molar-refractivity contribution in [1.29, 1.82) is 0 Å². The molecule has 0 aliphatic heterocycles. The molecule has 5 heteroatoms. The topological polar surface area (TPSA) is 58.4 Å². The molecule has 0 fully saturated rings. The van der Waals surface area contributed by atoms with E-state index < -0.39 is 0 Å². The van der Waals surface area contributed by atoms with E-state index in [0.717, 1.165) is 5.56 Å². The van der Waals surface area contributed by atoms with Crippen LogP contribution in [0.5, 0.6) is 0 Å². The Hall–Kier alpha value is -1.46. The Morgan fingerprint density at radius 3 is 2.76 bits per heavy atom. The van der Waals surface area contributed by atoms with Gasteiger partial charge in [-0.3, -0.25) is 9.69 Å². The highest BCUT2D eigenvalue weighted by atomic mass is 19.1. The van der Waals surface area contributed by atoms with Gasteiger partial charge in [-0.15, -0.1) is 0 Å². The number of carbonyl (C=O) groups is 1. The number of halogens is 1. The quantitative estimate of drug-likeness (QED) is 0.785. The summed E-state index contributed by atoms with van der Waals surface area (Å²) in [7, 11) is 3.35. The number of nitrogens with zero attached hydrogens (tertiary/aromatic N) is 1. The highest BCUT2D eigenvalue weighted by Crippen LogP contribution is 2.12. The summed E-state index contributed by atoms with van der Waals surface area (Å²) in [5.74, 6) is -0.372. The van der Waals surface area contributed by atoms with Crippen LogP contribution in [0, 0.1) is 5.82 Å². The zero-order valence-electron chi connectivity index (χ0n) is 10.2. The van der Waals surface area contributed by atoms with Crippen molar-refractivity contribution in [1.82, 2.24) is 10.2 Å². The van der Waals surface area contributed by atoms with Crippen LogP contribution in [0.1, 0.15) is 11.1 Å². The second kappa shape index (κ2) is 6.32. The molecule has 0 atom stereocenters. The largest absolute Gasteiger partial charge is 0.358 e. The second-order valence-corrected chi connectivity index (χ2v) is 3.98. The number of carbonyl (C=O) groups excluding carboxylic acids is 1. The molecule has 0 radical (unpaired) electrons. The standard InChI is InChI=1S/C12H18FN3O/c1-15-12(17)8-16(2)7-10-4-3-9(6-14)5-11(10)13/h3-5H,6-8,14H2,1-2H3,(H,15,17). The minimum Gasteiger partial charge on any atom is -0.358 e. The first kappa shape index (κ1) is 13.6. The summed E-state index contributed by atoms with van der Waals surface area (Å²) in [6.07, 6.45) is 0. The molecule has 1 aromatic rings. The van der Waals surface area contributed by atoms with Gasteiger partial charge in [0.15, 0.2) is 0 Å². The van der Waals surface area contributed by atoms with Gasteiger partial charge < -0.3 is 11.1 Å². The van der Waals surface area contributed by atoms with Crippen LogP contribution in [-0.4, -0.2) is 31.4 Å². The number of amides is 1. The van der Waals surface area contributed by atoms with Crippen molar-refractivity contribution in [3.05, 3.63) is 35.1 Å². The van der Waals surface area contributed by atoms with Crippen LogP contribution < -0.4 is 11.1 Å². The van der Waals surface area contributed by atoms with E-state index in [1.165, 1.54) is 6.07 Å². The third-order valence-corrected chi connectivity index (χ3v) is 2.49. The lowest BCUT2D eigenvalue weighted by Crippen LogP contribution is -2.32. The number of benzene rings is 1. The predicted molar refractivity (Wildman–Crippen MR) is 64.7 cm³/mol. The van der Waals surface area contributed by atoms with Crippen LogP contribution in [0.25, 0.3) is 0 Å². The molecule has 0 saturated heterocycles. The van der Waals surface area contributed by atoms with Crippen molar-refractivity contribution < 1.29 is 9.18 Å². The fourth-order valence-corrected chi connectivity index (χ4v) is 1.52. The molecule has 4 nitrogen and oxygen atoms in total. The highest BCUT2D eigenvalue weighted by molar-refractivity contribution is 5.77. The number of hydrogen-bond donors (Lipinski definition) is 2. The maximum atomic E-state index is 13.6. The van der Waals surface area contributed by atoms with Crippen LogP contribution in [0.2, 0.25) is 0 Å². The van der Waals surface area contributed by atoms with E-state index in [0.29, 0.717) is 18.7 Å². The summed E-state index contributed by atoms with van der Waals surface area (Å²) >= 11 is 0. The first-order valence-electron chi connectivity index (χ1n) is 5.43. The monoisotopic (exact) mass is 239 g/mol. The Labute approximate surface area is 101 Å². The normalized spacial score (nSPS) is 10.6. The maximum absolute atomic E-state index is 13.6. The van der Waals surface area contributed by atoms with Crippen LogP contribution in [-0.2, 0) is 17.9 Å². The Morgan fingerprint density at radius 2 is 2.24 bits per heavy atom. The summed E-state index contributed by atoms with van der Waals surface area (Å²) in [6.45, 7) is 0.962. The van der Waals surface area contributed by atoms with Crippen molar-refractivity contribution in [2.24, 2.45) is 5.73 Å². The van der Waals surface area contributed by atoms with Crippen molar-refractivity contribution in [3.63, 3.8) is 0 Å². The molecular weight excluding hydrogens is 221 g/mol. The van der Waals surface area contributed by atoms with E-state index in [1.807, 2.05) is 0 Å². The maximum Gasteiger partial charge on any atom is 0.233 e. The summed E-state index contributed by atoms with van der Waals surface area (Å²) in [6, 6.07) is 4.94. The minimum absolute atomic E-state index is 0.0912. The van der Waals surface area contributed by atoms with E-state index in [2.05, 4.69) is 5.32 Å². The number of likely N-dealkylation sites (N-methyl/N-ethyl adjacent to an activating group) is 2. The molecule has 3 N–H and O–H groups in total. The molecule has 17 heavy (non-hydrogen) atoms. The van der Waals surface area contributed by atoms with E-state index in [4.69, 9.17) is 5.73 Å². The zero-order chi connectivity index (χ0) is 12.8. The molecule has 0 unspecified atom stereocenters. The van der Waals surface area contributed by atoms with Gasteiger partial charge in [0, 0.05) is 25.7 Å². The minimum atomic E-state index is -0.281. The van der Waals surface area contributed by atoms with Crippen LogP contribution in [0.3, 0.4) is 0 Å². The van der Waals surface area contributed by atoms with Crippen LogP contribution >= 0.6 is 0 Å². The van der Waals surface area contributed by atoms with Crippen LogP contribution in [0.15, 0.2) is 18.2 Å². The summed E-state index contributed by atoms with van der Waals surface area (Å²) < 4.78 is 13.6. The molecule has 0 bridgehead atoms. The Balaban J connectivity index is 2.65. The average Bonchev–Trinajstić information content (AvgIpc) is 2.31. The van der Waals surface area contributed by atoms with Gasteiger partial charge in [0.05, 0.1) is 6.54 Å². The van der Waals surface area contributed by atoms with E-state index >= 15 is 0 Å². The SMILES string of the molecule is CNC(=O)CN(C)Cc1ccc(CN)cc1F. The molecule has 94 valence electrons. The molecule has 0 heterocycles. The molecular formula is C12H18FN3O. The van der Waals surface area contributed by atoms with Gasteiger partial charge in [-0.05, 0) is 18.7 Å². The molecule has 0 aromatic heterocycles. The van der Waals surface area contributed by atoms with Gasteiger partial charge in [0.25, 0.3) is 0 Å². The van der Waals surface area contributed by atoms with Gasteiger partial charge in [0.2, 0.25) is 5.91 Å². The van der Waals surface area contributed by atoms with E-state index in [9.17, 15) is 9.18 Å². The fourth-order valence-electron chi connectivity index (χ4n) is 1.52. The molecule has 0 saturated carbocycles. The van der Waals surface area contributed by atoms with Gasteiger partial charge in [0.1, 0.15) is 5.82 Å². The summed E-state index contributed by atoms with van der Waals surface area (Å²) in [4.78, 5) is 12.9. The molecule has 1 rings (SSSR count). The number of nitrogens with two attached hydrogens (primary N) is 1. The first-order chi connectivity index (χ1) is 8.06. The Bertz CT molecular complexity index is 395. The lowest BCUT2D eigenvalue weighted by molar-refractivity contribution is -0.121. The van der Waals surface area contributed by atoms with Gasteiger partial charge in [-0.25, -0.2) is 4.39 Å². The summed E-state index contributed by atoms with van der Waals surface area (Å²) in [5.41, 5.74) is 6.75. The number of rotatable bonds is 5. The lowest BCUT2D eigenvalue weighted by Gasteiger charge is -2.16. The number of nitrogens with one attached hydrogen (secondary N) is 1. The van der Waals surface area contributed by atoms with Crippen LogP contribution in [0.4, 0.5) is 4.39 Å². The first-order valence-corrected chi connectivity index (χ1v) is 5.43. The smallest absolute Gasteiger partial charge is 0.233 e. The summed E-state index contributed by atoms with van der Waals surface area (Å²) in [5, 5.41) is 2.52. The molecule has 1 aromatic carbocycles. The van der Waals surface area contributed by atoms with Gasteiger partial charge >= 0.3 is 0 Å². The lowest BCUT2D eigenvalue weighted by atomic mass is 10.1. The fraction of sp³-hybridized carbons (Fsp3) is 0.417. The van der Waals surface area contributed by atoms with Gasteiger partial charge in [-0.2, -0.15) is 0 Å². The number of hydrogen-bond acceptors (Lipinski definition) is 3. The molecule has 1 amide bonds. The molecule has 0 spiro atoms. The highest BCUT2D eigenvalue weighted by Gasteiger charge is 2.09. The zero-order valence-corrected chi connectivity index (χ0v) is 10.2. The third-order valence-electron chi connectivity index (χ3n) is 2.49. The Morgan fingerprint density at radius 1 is 1.53 bits per heavy atom. The van der Waals surface area contributed by atoms with Crippen molar-refractivity contribution in [2.45, 2.75) is 13.1 Å². The van der Waals surface area contributed by atoms with Crippen molar-refractivity contribution in [2.75, 3.05) is 20.6 Å². The average molecular weight is 239 g/mol. The molecule has 0 aliphatic rings. The van der Waals surface area contributed by atoms with E-state index in [-0.39, 0.29) is 18.3 Å². The van der Waals surface area contributed by atoms with Crippen molar-refractivity contribution >= 4 is 5.91 Å². The predicted octanol–water partition coefficient (Wildman–Crippen LogP) is 0.462. The van der Waals surface area contributed by atoms with E-state index in [1.54, 1.807) is 31.1 Å². The van der Waals surface area contributed by atoms with Crippen molar-refractivity contribution in [3.8, 4) is 0 Å². The molecule has 0 aliphatic carbocycles. The Kier molecular flexibility index (Phi) is 5.06. The second-order valence-electron chi connectivity index (χ2n) is 3.98.